The van der Waals surface area contributed by atoms with Crippen molar-refractivity contribution < 1.29 is 4.79 Å². The predicted molar refractivity (Wildman–Crippen MR) is 62.4 cm³/mol. The Morgan fingerprint density at radius 2 is 2.13 bits per heavy atom. The topological polar surface area (TPSA) is 46.3 Å². The van der Waals surface area contributed by atoms with Gasteiger partial charge in [-0.05, 0) is 24.7 Å². The summed E-state index contributed by atoms with van der Waals surface area (Å²) in [6.45, 7) is 5.01. The largest absolute Gasteiger partial charge is 0.344 e. The molecule has 0 aliphatic heterocycles. The Morgan fingerprint density at radius 3 is 2.53 bits per heavy atom. The minimum absolute atomic E-state index is 0.108. The smallest absolute Gasteiger partial charge is 0.239 e. The van der Waals surface area contributed by atoms with Gasteiger partial charge in [0.25, 0.3) is 0 Å². The lowest BCUT2D eigenvalue weighted by Gasteiger charge is -2.32. The molecule has 88 valence electrons. The molecule has 0 aromatic carbocycles. The number of hydrogen-bond acceptors (Lipinski definition) is 2. The third-order valence-electron chi connectivity index (χ3n) is 3.68. The van der Waals surface area contributed by atoms with Crippen LogP contribution in [0, 0.1) is 11.8 Å². The van der Waals surface area contributed by atoms with Crippen LogP contribution in [0.4, 0.5) is 0 Å². The van der Waals surface area contributed by atoms with Crippen LogP contribution in [0.1, 0.15) is 39.5 Å². The molecule has 2 atom stereocenters. The normalized spacial score (nSPS) is 20.5. The monoisotopic (exact) mass is 212 g/mol. The van der Waals surface area contributed by atoms with Gasteiger partial charge in [0.2, 0.25) is 5.91 Å². The second kappa shape index (κ2) is 5.50. The molecule has 0 saturated heterocycles. The first-order chi connectivity index (χ1) is 7.06. The van der Waals surface area contributed by atoms with E-state index in [0.29, 0.717) is 0 Å². The van der Waals surface area contributed by atoms with Crippen LogP contribution >= 0.6 is 0 Å². The summed E-state index contributed by atoms with van der Waals surface area (Å²) in [5, 5.41) is 0. The maximum absolute atomic E-state index is 11.9. The minimum Gasteiger partial charge on any atom is -0.344 e. The quantitative estimate of drug-likeness (QED) is 0.752. The average Bonchev–Trinajstić information content (AvgIpc) is 2.19. The Kier molecular flexibility index (Phi) is 4.58. The molecule has 1 aliphatic carbocycles. The third kappa shape index (κ3) is 3.20. The SMILES string of the molecule is CCC(C)[C@H](N)C(=O)N(C)CC1CCC1. The molecule has 0 spiro atoms. The van der Waals surface area contributed by atoms with Crippen molar-refractivity contribution in [2.45, 2.75) is 45.6 Å². The molecule has 0 radical (unpaired) electrons. The van der Waals surface area contributed by atoms with Gasteiger partial charge in [0, 0.05) is 13.6 Å². The molecule has 1 saturated carbocycles. The van der Waals surface area contributed by atoms with Gasteiger partial charge in [0.05, 0.1) is 6.04 Å². The van der Waals surface area contributed by atoms with E-state index in [1.807, 2.05) is 18.9 Å². The van der Waals surface area contributed by atoms with E-state index in [-0.39, 0.29) is 17.9 Å². The number of nitrogens with two attached hydrogens (primary N) is 1. The highest BCUT2D eigenvalue weighted by atomic mass is 16.2. The van der Waals surface area contributed by atoms with Crippen molar-refractivity contribution in [1.82, 2.24) is 4.90 Å². The molecule has 15 heavy (non-hydrogen) atoms. The van der Waals surface area contributed by atoms with Gasteiger partial charge in [-0.25, -0.2) is 0 Å². The molecular formula is C12H24N2O. The van der Waals surface area contributed by atoms with Gasteiger partial charge in [-0.3, -0.25) is 4.79 Å². The lowest BCUT2D eigenvalue weighted by molar-refractivity contribution is -0.133. The van der Waals surface area contributed by atoms with Crippen molar-refractivity contribution in [2.24, 2.45) is 17.6 Å². The zero-order chi connectivity index (χ0) is 11.4. The highest BCUT2D eigenvalue weighted by Crippen LogP contribution is 2.27. The number of carbonyl (C=O) groups is 1. The van der Waals surface area contributed by atoms with Crippen molar-refractivity contribution in [1.29, 1.82) is 0 Å². The van der Waals surface area contributed by atoms with Crippen LogP contribution in [0.25, 0.3) is 0 Å². The molecular weight excluding hydrogens is 188 g/mol. The summed E-state index contributed by atoms with van der Waals surface area (Å²) in [5.41, 5.74) is 5.92. The van der Waals surface area contributed by atoms with Gasteiger partial charge in [0.15, 0.2) is 0 Å². The van der Waals surface area contributed by atoms with E-state index in [9.17, 15) is 4.79 Å². The molecule has 3 nitrogen and oxygen atoms in total. The lowest BCUT2D eigenvalue weighted by atomic mass is 9.85. The number of hydrogen-bond donors (Lipinski definition) is 1. The van der Waals surface area contributed by atoms with Crippen LogP contribution in [0.15, 0.2) is 0 Å². The van der Waals surface area contributed by atoms with Crippen LogP contribution in [-0.4, -0.2) is 30.4 Å². The summed E-state index contributed by atoms with van der Waals surface area (Å²) in [5.74, 6) is 1.11. The molecule has 3 heteroatoms. The van der Waals surface area contributed by atoms with Crippen LogP contribution in [0.2, 0.25) is 0 Å². The summed E-state index contributed by atoms with van der Waals surface area (Å²) >= 11 is 0. The van der Waals surface area contributed by atoms with E-state index in [1.54, 1.807) is 0 Å². The molecule has 1 unspecified atom stereocenters. The van der Waals surface area contributed by atoms with Crippen LogP contribution in [0.3, 0.4) is 0 Å². The Bertz CT molecular complexity index is 214. The number of amides is 1. The highest BCUT2D eigenvalue weighted by Gasteiger charge is 2.26. The molecule has 1 rings (SSSR count). The maximum atomic E-state index is 11.9. The van der Waals surface area contributed by atoms with Gasteiger partial charge >= 0.3 is 0 Å². The summed E-state index contributed by atoms with van der Waals surface area (Å²) in [7, 11) is 1.88. The van der Waals surface area contributed by atoms with Crippen LogP contribution in [-0.2, 0) is 4.79 Å². The molecule has 0 heterocycles. The van der Waals surface area contributed by atoms with Gasteiger partial charge in [0.1, 0.15) is 0 Å². The fraction of sp³-hybridized carbons (Fsp3) is 0.917. The van der Waals surface area contributed by atoms with E-state index in [1.165, 1.54) is 19.3 Å². The number of carbonyl (C=O) groups excluding carboxylic acids is 1. The van der Waals surface area contributed by atoms with Gasteiger partial charge in [-0.15, -0.1) is 0 Å². The third-order valence-corrected chi connectivity index (χ3v) is 3.68. The second-order valence-electron chi connectivity index (χ2n) is 4.93. The number of nitrogens with zero attached hydrogens (tertiary/aromatic N) is 1. The Hall–Kier alpha value is -0.570. The van der Waals surface area contributed by atoms with Crippen molar-refractivity contribution in [3.63, 3.8) is 0 Å². The van der Waals surface area contributed by atoms with E-state index < -0.39 is 0 Å². The first kappa shape index (κ1) is 12.5. The zero-order valence-electron chi connectivity index (χ0n) is 10.2. The summed E-state index contributed by atoms with van der Waals surface area (Å²) < 4.78 is 0. The minimum atomic E-state index is -0.319. The molecule has 0 bridgehead atoms. The molecule has 1 aliphatic rings. The van der Waals surface area contributed by atoms with Crippen LogP contribution < -0.4 is 5.73 Å². The highest BCUT2D eigenvalue weighted by molar-refractivity contribution is 5.81. The Labute approximate surface area is 93.0 Å². The van der Waals surface area contributed by atoms with Gasteiger partial charge in [-0.1, -0.05) is 26.7 Å². The van der Waals surface area contributed by atoms with Crippen molar-refractivity contribution in [2.75, 3.05) is 13.6 Å². The average molecular weight is 212 g/mol. The predicted octanol–water partition coefficient (Wildman–Crippen LogP) is 1.62. The molecule has 2 N–H and O–H groups in total. The number of rotatable bonds is 5. The Balaban J connectivity index is 2.36. The second-order valence-corrected chi connectivity index (χ2v) is 4.93. The van der Waals surface area contributed by atoms with Crippen molar-refractivity contribution in [3.05, 3.63) is 0 Å². The van der Waals surface area contributed by atoms with Gasteiger partial charge in [-0.2, -0.15) is 0 Å². The van der Waals surface area contributed by atoms with Crippen molar-refractivity contribution >= 4 is 5.91 Å². The summed E-state index contributed by atoms with van der Waals surface area (Å²) in [6, 6.07) is -0.319. The van der Waals surface area contributed by atoms with E-state index in [2.05, 4.69) is 6.92 Å². The Morgan fingerprint density at radius 1 is 1.53 bits per heavy atom. The van der Waals surface area contributed by atoms with E-state index >= 15 is 0 Å². The van der Waals surface area contributed by atoms with Crippen molar-refractivity contribution in [3.8, 4) is 0 Å². The zero-order valence-corrected chi connectivity index (χ0v) is 10.2. The summed E-state index contributed by atoms with van der Waals surface area (Å²) in [6.07, 6.45) is 4.83. The molecule has 1 amide bonds. The first-order valence-electron chi connectivity index (χ1n) is 6.06. The first-order valence-corrected chi connectivity index (χ1v) is 6.06. The van der Waals surface area contributed by atoms with Crippen LogP contribution in [0.5, 0.6) is 0 Å². The van der Waals surface area contributed by atoms with E-state index in [0.717, 1.165) is 18.9 Å². The fourth-order valence-electron chi connectivity index (χ4n) is 1.90. The standard InChI is InChI=1S/C12H24N2O/c1-4-9(2)11(13)12(15)14(3)8-10-6-5-7-10/h9-11H,4-8,13H2,1-3H3/t9?,11-/m0/s1. The molecule has 0 aromatic heterocycles. The summed E-state index contributed by atoms with van der Waals surface area (Å²) in [4.78, 5) is 13.7. The number of likely N-dealkylation sites (N-methyl/N-ethyl adjacent to an activating group) is 1. The lowest BCUT2D eigenvalue weighted by Crippen LogP contribution is -2.47. The van der Waals surface area contributed by atoms with Gasteiger partial charge < -0.3 is 10.6 Å². The molecule has 1 fully saturated rings. The molecule has 0 aromatic rings. The maximum Gasteiger partial charge on any atom is 0.239 e. The fourth-order valence-corrected chi connectivity index (χ4v) is 1.90. The van der Waals surface area contributed by atoms with E-state index in [4.69, 9.17) is 5.73 Å².